The van der Waals surface area contributed by atoms with Gasteiger partial charge in [0.1, 0.15) is 5.82 Å². The summed E-state index contributed by atoms with van der Waals surface area (Å²) in [5, 5.41) is 6.72. The number of anilines is 2. The molecule has 0 unspecified atom stereocenters. The minimum Gasteiger partial charge on any atom is -0.493 e. The van der Waals surface area contributed by atoms with Crippen molar-refractivity contribution in [2.24, 2.45) is 0 Å². The van der Waals surface area contributed by atoms with Crippen molar-refractivity contribution in [3.05, 3.63) is 76.9 Å². The van der Waals surface area contributed by atoms with Gasteiger partial charge in [-0.2, -0.15) is 0 Å². The lowest BCUT2D eigenvalue weighted by Gasteiger charge is -2.11. The first-order valence-corrected chi connectivity index (χ1v) is 8.95. The van der Waals surface area contributed by atoms with Crippen LogP contribution in [0.2, 0.25) is 5.02 Å². The number of aromatic nitrogens is 1. The second-order valence-corrected chi connectivity index (χ2v) is 6.31. The lowest BCUT2D eigenvalue weighted by molar-refractivity contribution is 0.102. The molecule has 28 heavy (non-hydrogen) atoms. The zero-order valence-corrected chi connectivity index (χ0v) is 16.3. The molecule has 2 N–H and O–H groups in total. The van der Waals surface area contributed by atoms with Gasteiger partial charge in [-0.15, -0.1) is 0 Å². The summed E-state index contributed by atoms with van der Waals surface area (Å²) in [6.07, 6.45) is 1.59. The van der Waals surface area contributed by atoms with Gasteiger partial charge in [-0.3, -0.25) is 4.79 Å². The predicted octanol–water partition coefficient (Wildman–Crippen LogP) is 4.62. The van der Waals surface area contributed by atoms with Crippen molar-refractivity contribution >= 4 is 29.0 Å². The number of nitrogens with one attached hydrogen (secondary N) is 2. The molecule has 0 saturated heterocycles. The Hall–Kier alpha value is -3.25. The molecule has 0 spiro atoms. The van der Waals surface area contributed by atoms with Gasteiger partial charge < -0.3 is 20.1 Å². The van der Waals surface area contributed by atoms with Gasteiger partial charge in [0, 0.05) is 17.1 Å². The molecule has 7 heteroatoms. The number of halogens is 1. The van der Waals surface area contributed by atoms with Crippen molar-refractivity contribution in [2.45, 2.75) is 6.54 Å². The summed E-state index contributed by atoms with van der Waals surface area (Å²) in [6.45, 7) is 0.560. The fourth-order valence-corrected chi connectivity index (χ4v) is 2.78. The molecule has 0 atom stereocenters. The normalized spacial score (nSPS) is 10.2. The van der Waals surface area contributed by atoms with E-state index >= 15 is 0 Å². The maximum absolute atomic E-state index is 12.4. The Morgan fingerprint density at radius 3 is 2.50 bits per heavy atom. The zero-order chi connectivity index (χ0) is 19.9. The lowest BCUT2D eigenvalue weighted by Crippen LogP contribution is -2.12. The Labute approximate surface area is 168 Å². The molecule has 1 heterocycles. The van der Waals surface area contributed by atoms with E-state index < -0.39 is 0 Å². The molecule has 144 valence electrons. The van der Waals surface area contributed by atoms with E-state index in [1.807, 2.05) is 24.3 Å². The van der Waals surface area contributed by atoms with Crippen molar-refractivity contribution in [3.8, 4) is 11.5 Å². The van der Waals surface area contributed by atoms with Gasteiger partial charge in [0.25, 0.3) is 5.91 Å². The third kappa shape index (κ3) is 4.72. The molecule has 2 aromatic carbocycles. The van der Waals surface area contributed by atoms with E-state index in [0.717, 1.165) is 5.56 Å². The van der Waals surface area contributed by atoms with E-state index in [1.54, 1.807) is 43.6 Å². The molecule has 1 aromatic heterocycles. The molecule has 1 amide bonds. The quantitative estimate of drug-likeness (QED) is 0.608. The molecule has 3 rings (SSSR count). The molecule has 0 aliphatic carbocycles. The number of methoxy groups -OCH3 is 2. The number of carbonyl (C=O) groups is 1. The number of hydrogen-bond donors (Lipinski definition) is 2. The maximum atomic E-state index is 12.4. The average molecular weight is 398 g/mol. The van der Waals surface area contributed by atoms with E-state index in [4.69, 9.17) is 21.1 Å². The van der Waals surface area contributed by atoms with Crippen LogP contribution in [-0.4, -0.2) is 25.1 Å². The Bertz CT molecular complexity index is 961. The van der Waals surface area contributed by atoms with Crippen molar-refractivity contribution in [1.29, 1.82) is 0 Å². The number of benzene rings is 2. The number of hydrogen-bond acceptors (Lipinski definition) is 5. The van der Waals surface area contributed by atoms with Gasteiger partial charge in [0.05, 0.1) is 26.1 Å². The molecule has 0 fully saturated rings. The Morgan fingerprint density at radius 2 is 1.82 bits per heavy atom. The van der Waals surface area contributed by atoms with E-state index in [9.17, 15) is 4.79 Å². The molecular formula is C21H20ClN3O3. The summed E-state index contributed by atoms with van der Waals surface area (Å²) < 4.78 is 10.4. The highest BCUT2D eigenvalue weighted by molar-refractivity contribution is 6.31. The van der Waals surface area contributed by atoms with Gasteiger partial charge in [0.2, 0.25) is 0 Å². The largest absolute Gasteiger partial charge is 0.493 e. The van der Waals surface area contributed by atoms with E-state index in [-0.39, 0.29) is 5.91 Å². The van der Waals surface area contributed by atoms with Crippen LogP contribution < -0.4 is 20.1 Å². The summed E-state index contributed by atoms with van der Waals surface area (Å²) in [6, 6.07) is 16.2. The molecule has 0 bridgehead atoms. The van der Waals surface area contributed by atoms with Crippen LogP contribution in [0.15, 0.2) is 60.8 Å². The smallest absolute Gasteiger partial charge is 0.255 e. The van der Waals surface area contributed by atoms with Crippen LogP contribution in [0, 0.1) is 0 Å². The standard InChI is InChI=1S/C21H20ClN3O3/c1-27-18-9-7-14(11-19(18)28-2)21(26)25-16-8-10-20(24-13-16)23-12-15-5-3-4-6-17(15)22/h3-11,13H,12H2,1-2H3,(H,23,24)(H,25,26). The highest BCUT2D eigenvalue weighted by atomic mass is 35.5. The van der Waals surface area contributed by atoms with Crippen LogP contribution in [-0.2, 0) is 6.54 Å². The number of pyridine rings is 1. The molecule has 0 radical (unpaired) electrons. The number of rotatable bonds is 7. The summed E-state index contributed by atoms with van der Waals surface area (Å²) in [5.41, 5.74) is 2.03. The predicted molar refractivity (Wildman–Crippen MR) is 111 cm³/mol. The van der Waals surface area contributed by atoms with Gasteiger partial charge in [-0.05, 0) is 42.0 Å². The third-order valence-corrected chi connectivity index (χ3v) is 4.45. The molecule has 0 saturated carbocycles. The number of amides is 1. The van der Waals surface area contributed by atoms with Gasteiger partial charge in [-0.1, -0.05) is 29.8 Å². The van der Waals surface area contributed by atoms with Crippen molar-refractivity contribution in [1.82, 2.24) is 4.98 Å². The monoisotopic (exact) mass is 397 g/mol. The Morgan fingerprint density at radius 1 is 1.04 bits per heavy atom. The fraction of sp³-hybridized carbons (Fsp3) is 0.143. The second-order valence-electron chi connectivity index (χ2n) is 5.90. The number of carbonyl (C=O) groups excluding carboxylic acids is 1. The van der Waals surface area contributed by atoms with Gasteiger partial charge in [-0.25, -0.2) is 4.98 Å². The molecule has 0 aliphatic rings. The zero-order valence-electron chi connectivity index (χ0n) is 15.5. The Balaban J connectivity index is 1.62. The van der Waals surface area contributed by atoms with Crippen LogP contribution in [0.3, 0.4) is 0 Å². The average Bonchev–Trinajstić information content (AvgIpc) is 2.73. The number of nitrogens with zero attached hydrogens (tertiary/aromatic N) is 1. The van der Waals surface area contributed by atoms with Crippen LogP contribution >= 0.6 is 11.6 Å². The van der Waals surface area contributed by atoms with Crippen LogP contribution in [0.1, 0.15) is 15.9 Å². The van der Waals surface area contributed by atoms with Crippen LogP contribution in [0.25, 0.3) is 0 Å². The highest BCUT2D eigenvalue weighted by Crippen LogP contribution is 2.28. The summed E-state index contributed by atoms with van der Waals surface area (Å²) in [4.78, 5) is 16.8. The van der Waals surface area contributed by atoms with Crippen molar-refractivity contribution in [3.63, 3.8) is 0 Å². The second kappa shape index (κ2) is 9.10. The minimum atomic E-state index is -0.264. The lowest BCUT2D eigenvalue weighted by atomic mass is 10.2. The summed E-state index contributed by atoms with van der Waals surface area (Å²) in [5.74, 6) is 1.48. The summed E-state index contributed by atoms with van der Waals surface area (Å²) in [7, 11) is 3.07. The molecule has 0 aliphatic heterocycles. The van der Waals surface area contributed by atoms with E-state index in [0.29, 0.717) is 40.1 Å². The topological polar surface area (TPSA) is 72.5 Å². The fourth-order valence-electron chi connectivity index (χ4n) is 2.58. The van der Waals surface area contributed by atoms with Gasteiger partial charge >= 0.3 is 0 Å². The SMILES string of the molecule is COc1ccc(C(=O)Nc2ccc(NCc3ccccc3Cl)nc2)cc1OC. The van der Waals surface area contributed by atoms with Crippen molar-refractivity contribution < 1.29 is 14.3 Å². The maximum Gasteiger partial charge on any atom is 0.255 e. The first-order valence-electron chi connectivity index (χ1n) is 8.57. The van der Waals surface area contributed by atoms with Gasteiger partial charge in [0.15, 0.2) is 11.5 Å². The first-order chi connectivity index (χ1) is 13.6. The van der Waals surface area contributed by atoms with Crippen molar-refractivity contribution in [2.75, 3.05) is 24.9 Å². The first kappa shape index (κ1) is 19.5. The van der Waals surface area contributed by atoms with Crippen LogP contribution in [0.5, 0.6) is 11.5 Å². The summed E-state index contributed by atoms with van der Waals surface area (Å²) >= 11 is 6.15. The number of ether oxygens (including phenoxy) is 2. The third-order valence-electron chi connectivity index (χ3n) is 4.08. The van der Waals surface area contributed by atoms with E-state index in [1.165, 1.54) is 7.11 Å². The highest BCUT2D eigenvalue weighted by Gasteiger charge is 2.11. The Kier molecular flexibility index (Phi) is 6.34. The molecule has 6 nitrogen and oxygen atoms in total. The molecular weight excluding hydrogens is 378 g/mol. The minimum absolute atomic E-state index is 0.264. The van der Waals surface area contributed by atoms with Crippen LogP contribution in [0.4, 0.5) is 11.5 Å². The molecule has 3 aromatic rings. The van der Waals surface area contributed by atoms with E-state index in [2.05, 4.69) is 15.6 Å².